The minimum Gasteiger partial charge on any atom is -0.340 e. The molecule has 20 heavy (non-hydrogen) atoms. The van der Waals surface area contributed by atoms with E-state index in [9.17, 15) is 4.79 Å². The lowest BCUT2D eigenvalue weighted by Gasteiger charge is -2.35. The molecule has 0 radical (unpaired) electrons. The molecule has 0 aliphatic carbocycles. The molecular weight excluding hydrogens is 250 g/mol. The predicted octanol–water partition coefficient (Wildman–Crippen LogP) is 1.41. The summed E-state index contributed by atoms with van der Waals surface area (Å²) in [5.41, 5.74) is 8.82. The topological polar surface area (TPSA) is 49.6 Å². The first-order valence-electron chi connectivity index (χ1n) is 7.42. The van der Waals surface area contributed by atoms with Crippen LogP contribution in [-0.4, -0.2) is 48.4 Å². The average Bonchev–Trinajstić information content (AvgIpc) is 2.48. The quantitative estimate of drug-likeness (QED) is 0.904. The minimum atomic E-state index is 0.0461. The van der Waals surface area contributed by atoms with Crippen molar-refractivity contribution < 1.29 is 4.79 Å². The molecule has 0 aromatic heterocycles. The van der Waals surface area contributed by atoms with Crippen LogP contribution in [0, 0.1) is 0 Å². The van der Waals surface area contributed by atoms with Gasteiger partial charge in [-0.2, -0.15) is 0 Å². The molecule has 1 aromatic rings. The molecule has 4 heteroatoms. The lowest BCUT2D eigenvalue weighted by molar-refractivity contribution is -0.130. The molecule has 2 rings (SSSR count). The summed E-state index contributed by atoms with van der Waals surface area (Å²) in [4.78, 5) is 15.5. The monoisotopic (exact) mass is 275 g/mol. The fourth-order valence-electron chi connectivity index (χ4n) is 2.63. The number of piperazine rings is 1. The van der Waals surface area contributed by atoms with E-state index in [-0.39, 0.29) is 11.9 Å². The standard InChI is InChI=1S/C16H25N3O/c1-3-14-4-6-15(7-5-14)16(17)12-18-8-10-19(11-9-18)13(2)20/h4-7,16H,3,8-12,17H2,1-2H3. The van der Waals surface area contributed by atoms with Crippen LogP contribution in [0.15, 0.2) is 24.3 Å². The predicted molar refractivity (Wildman–Crippen MR) is 81.4 cm³/mol. The molecule has 0 saturated carbocycles. The Bertz CT molecular complexity index is 436. The van der Waals surface area contributed by atoms with Gasteiger partial charge in [-0.05, 0) is 17.5 Å². The van der Waals surface area contributed by atoms with Crippen LogP contribution in [0.2, 0.25) is 0 Å². The summed E-state index contributed by atoms with van der Waals surface area (Å²) in [6.07, 6.45) is 1.06. The van der Waals surface area contributed by atoms with E-state index in [1.807, 2.05) is 4.90 Å². The number of carbonyl (C=O) groups excluding carboxylic acids is 1. The van der Waals surface area contributed by atoms with Gasteiger partial charge in [0.05, 0.1) is 0 Å². The number of aryl methyl sites for hydroxylation is 1. The first kappa shape index (κ1) is 15.0. The van der Waals surface area contributed by atoms with Gasteiger partial charge in [0.15, 0.2) is 0 Å². The fourth-order valence-corrected chi connectivity index (χ4v) is 2.63. The van der Waals surface area contributed by atoms with Crippen molar-refractivity contribution >= 4 is 5.91 Å². The zero-order valence-electron chi connectivity index (χ0n) is 12.5. The molecule has 110 valence electrons. The first-order chi connectivity index (χ1) is 9.60. The van der Waals surface area contributed by atoms with E-state index in [4.69, 9.17) is 5.73 Å². The van der Waals surface area contributed by atoms with E-state index in [1.165, 1.54) is 11.1 Å². The summed E-state index contributed by atoms with van der Waals surface area (Å²) in [6, 6.07) is 8.63. The molecule has 1 aromatic carbocycles. The third-order valence-corrected chi connectivity index (χ3v) is 4.09. The Morgan fingerprint density at radius 3 is 2.30 bits per heavy atom. The van der Waals surface area contributed by atoms with Crippen LogP contribution in [0.3, 0.4) is 0 Å². The number of carbonyl (C=O) groups is 1. The van der Waals surface area contributed by atoms with Crippen LogP contribution in [0.4, 0.5) is 0 Å². The van der Waals surface area contributed by atoms with Gasteiger partial charge in [0.2, 0.25) is 5.91 Å². The molecule has 1 amide bonds. The Kier molecular flexibility index (Phi) is 5.15. The van der Waals surface area contributed by atoms with Crippen molar-refractivity contribution in [1.82, 2.24) is 9.80 Å². The van der Waals surface area contributed by atoms with E-state index < -0.39 is 0 Å². The lowest BCUT2D eigenvalue weighted by Crippen LogP contribution is -2.49. The van der Waals surface area contributed by atoms with Crippen molar-refractivity contribution in [2.45, 2.75) is 26.3 Å². The van der Waals surface area contributed by atoms with Gasteiger partial charge < -0.3 is 10.6 Å². The zero-order chi connectivity index (χ0) is 14.5. The van der Waals surface area contributed by atoms with Gasteiger partial charge >= 0.3 is 0 Å². The molecule has 0 spiro atoms. The number of benzene rings is 1. The second kappa shape index (κ2) is 6.86. The lowest BCUT2D eigenvalue weighted by atomic mass is 10.0. The van der Waals surface area contributed by atoms with Crippen molar-refractivity contribution in [2.24, 2.45) is 5.73 Å². The Morgan fingerprint density at radius 2 is 1.80 bits per heavy atom. The Morgan fingerprint density at radius 1 is 1.20 bits per heavy atom. The van der Waals surface area contributed by atoms with Crippen LogP contribution < -0.4 is 5.73 Å². The maximum atomic E-state index is 11.3. The summed E-state index contributed by atoms with van der Waals surface area (Å²) < 4.78 is 0. The van der Waals surface area contributed by atoms with Crippen molar-refractivity contribution in [1.29, 1.82) is 0 Å². The van der Waals surface area contributed by atoms with Gasteiger partial charge in [0.1, 0.15) is 0 Å². The summed E-state index contributed by atoms with van der Waals surface area (Å²) in [5, 5.41) is 0. The number of nitrogens with two attached hydrogens (primary N) is 1. The Hall–Kier alpha value is -1.39. The normalized spacial score (nSPS) is 18.1. The fraction of sp³-hybridized carbons (Fsp3) is 0.562. The molecule has 1 aliphatic heterocycles. The van der Waals surface area contributed by atoms with Gasteiger partial charge in [-0.25, -0.2) is 0 Å². The van der Waals surface area contributed by atoms with Crippen molar-refractivity contribution in [3.05, 3.63) is 35.4 Å². The van der Waals surface area contributed by atoms with Crippen LogP contribution in [0.1, 0.15) is 31.0 Å². The molecule has 2 N–H and O–H groups in total. The third-order valence-electron chi connectivity index (χ3n) is 4.09. The highest BCUT2D eigenvalue weighted by atomic mass is 16.2. The molecule has 1 heterocycles. The van der Waals surface area contributed by atoms with E-state index >= 15 is 0 Å². The number of hydrogen-bond acceptors (Lipinski definition) is 3. The van der Waals surface area contributed by atoms with Gasteiger partial charge in [-0.15, -0.1) is 0 Å². The van der Waals surface area contributed by atoms with Gasteiger partial charge in [0.25, 0.3) is 0 Å². The van der Waals surface area contributed by atoms with Crippen LogP contribution in [-0.2, 0) is 11.2 Å². The van der Waals surface area contributed by atoms with Crippen molar-refractivity contribution in [2.75, 3.05) is 32.7 Å². The van der Waals surface area contributed by atoms with Crippen molar-refractivity contribution in [3.8, 4) is 0 Å². The number of rotatable bonds is 4. The van der Waals surface area contributed by atoms with Gasteiger partial charge in [-0.1, -0.05) is 31.2 Å². The summed E-state index contributed by atoms with van der Waals surface area (Å²) >= 11 is 0. The Labute approximate surface area is 121 Å². The summed E-state index contributed by atoms with van der Waals surface area (Å²) in [5.74, 6) is 0.170. The molecule has 1 fully saturated rings. The van der Waals surface area contributed by atoms with Crippen LogP contribution in [0.25, 0.3) is 0 Å². The molecule has 4 nitrogen and oxygen atoms in total. The highest BCUT2D eigenvalue weighted by molar-refractivity contribution is 5.73. The van der Waals surface area contributed by atoms with Crippen molar-refractivity contribution in [3.63, 3.8) is 0 Å². The average molecular weight is 275 g/mol. The van der Waals surface area contributed by atoms with E-state index in [2.05, 4.69) is 36.1 Å². The van der Waals surface area contributed by atoms with Gasteiger partial charge in [-0.3, -0.25) is 9.69 Å². The number of hydrogen-bond donors (Lipinski definition) is 1. The van der Waals surface area contributed by atoms with Crippen LogP contribution in [0.5, 0.6) is 0 Å². The third kappa shape index (κ3) is 3.81. The first-order valence-corrected chi connectivity index (χ1v) is 7.42. The van der Waals surface area contributed by atoms with Crippen LogP contribution >= 0.6 is 0 Å². The van der Waals surface area contributed by atoms with E-state index in [1.54, 1.807) is 6.92 Å². The number of nitrogens with zero attached hydrogens (tertiary/aromatic N) is 2. The highest BCUT2D eigenvalue weighted by Crippen LogP contribution is 2.14. The zero-order valence-corrected chi connectivity index (χ0v) is 12.5. The highest BCUT2D eigenvalue weighted by Gasteiger charge is 2.20. The molecule has 1 unspecified atom stereocenters. The maximum Gasteiger partial charge on any atom is 0.219 e. The van der Waals surface area contributed by atoms with Gasteiger partial charge in [0, 0.05) is 45.7 Å². The molecule has 0 bridgehead atoms. The summed E-state index contributed by atoms with van der Waals surface area (Å²) in [7, 11) is 0. The SMILES string of the molecule is CCc1ccc(C(N)CN2CCN(C(C)=O)CC2)cc1. The largest absolute Gasteiger partial charge is 0.340 e. The molecular formula is C16H25N3O. The summed E-state index contributed by atoms with van der Waals surface area (Å²) in [6.45, 7) is 8.12. The Balaban J connectivity index is 1.85. The smallest absolute Gasteiger partial charge is 0.219 e. The number of amides is 1. The molecule has 1 saturated heterocycles. The van der Waals surface area contributed by atoms with E-state index in [0.29, 0.717) is 0 Å². The maximum absolute atomic E-state index is 11.3. The van der Waals surface area contributed by atoms with E-state index in [0.717, 1.165) is 39.1 Å². The second-order valence-electron chi connectivity index (χ2n) is 5.51. The molecule has 1 aliphatic rings. The second-order valence-corrected chi connectivity index (χ2v) is 5.51. The molecule has 1 atom stereocenters. The minimum absolute atomic E-state index is 0.0461.